The summed E-state index contributed by atoms with van der Waals surface area (Å²) in [5, 5.41) is 14.2. The largest absolute Gasteiger partial charge is 0.383 e. The van der Waals surface area contributed by atoms with Crippen molar-refractivity contribution in [3.63, 3.8) is 0 Å². The molecule has 0 amide bonds. The molecule has 0 radical (unpaired) electrons. The number of hydrogen-bond acceptors (Lipinski definition) is 8. The highest BCUT2D eigenvalue weighted by molar-refractivity contribution is 7.99. The lowest BCUT2D eigenvalue weighted by Crippen LogP contribution is -2.09. The van der Waals surface area contributed by atoms with Gasteiger partial charge in [0, 0.05) is 18.7 Å². The van der Waals surface area contributed by atoms with Gasteiger partial charge in [-0.2, -0.15) is 0 Å². The third-order valence-electron chi connectivity index (χ3n) is 2.33. The van der Waals surface area contributed by atoms with E-state index in [1.165, 1.54) is 12.1 Å². The lowest BCUT2D eigenvalue weighted by atomic mass is 10.4. The van der Waals surface area contributed by atoms with Crippen LogP contribution in [0.4, 0.5) is 17.3 Å². The van der Waals surface area contributed by atoms with Gasteiger partial charge in [0.05, 0.1) is 4.92 Å². The van der Waals surface area contributed by atoms with Gasteiger partial charge in [-0.3, -0.25) is 14.9 Å². The first-order chi connectivity index (χ1) is 9.99. The van der Waals surface area contributed by atoms with Crippen molar-refractivity contribution in [3.8, 4) is 0 Å². The van der Waals surface area contributed by atoms with Crippen LogP contribution >= 0.6 is 11.8 Å². The van der Waals surface area contributed by atoms with Crippen molar-refractivity contribution >= 4 is 29.1 Å². The van der Waals surface area contributed by atoms with E-state index in [1.54, 1.807) is 0 Å². The zero-order chi connectivity index (χ0) is 15.4. The Morgan fingerprint density at radius 1 is 1.48 bits per heavy atom. The molecule has 21 heavy (non-hydrogen) atoms. The molecule has 0 unspecified atom stereocenters. The Hall–Kier alpha value is -2.62. The number of nitro groups is 1. The van der Waals surface area contributed by atoms with Gasteiger partial charge in [-0.15, -0.1) is 0 Å². The Kier molecular flexibility index (Phi) is 4.38. The van der Waals surface area contributed by atoms with Gasteiger partial charge >= 0.3 is 5.69 Å². The van der Waals surface area contributed by atoms with Crippen molar-refractivity contribution in [2.24, 2.45) is 0 Å². The fraction of sp³-hybridized carbons (Fsp3) is 0.182. The number of pyridine rings is 1. The Balaban J connectivity index is 2.42. The Labute approximate surface area is 123 Å². The molecule has 2 aromatic rings. The monoisotopic (exact) mass is 308 g/mol. The first-order valence-corrected chi connectivity index (χ1v) is 6.75. The molecule has 0 atom stereocenters. The third kappa shape index (κ3) is 3.69. The molecule has 4 N–H and O–H groups in total. The summed E-state index contributed by atoms with van der Waals surface area (Å²) in [5.41, 5.74) is 4.87. The topological polar surface area (TPSA) is 140 Å². The number of H-pyrrole nitrogens is 1. The second-order valence-corrected chi connectivity index (χ2v) is 4.86. The number of nitrogens with one attached hydrogen (secondary N) is 2. The highest BCUT2D eigenvalue weighted by atomic mass is 32.2. The van der Waals surface area contributed by atoms with E-state index in [4.69, 9.17) is 5.73 Å². The average Bonchev–Trinajstić information content (AvgIpc) is 2.37. The van der Waals surface area contributed by atoms with E-state index in [2.05, 4.69) is 20.3 Å². The smallest absolute Gasteiger partial charge is 0.301 e. The van der Waals surface area contributed by atoms with Crippen LogP contribution in [-0.4, -0.2) is 26.4 Å². The van der Waals surface area contributed by atoms with Gasteiger partial charge in [-0.1, -0.05) is 0 Å². The number of anilines is 2. The van der Waals surface area contributed by atoms with Crippen molar-refractivity contribution in [3.05, 3.63) is 38.7 Å². The molecule has 0 bridgehead atoms. The SMILES string of the molecule is CCNc1ccc([N+](=O)[O-])c(Sc2nc(N)cc(=O)[nH]2)n1. The molecule has 0 saturated carbocycles. The van der Waals surface area contributed by atoms with Crippen LogP contribution in [0.3, 0.4) is 0 Å². The molecule has 0 fully saturated rings. The minimum absolute atomic E-state index is 0.0340. The van der Waals surface area contributed by atoms with E-state index in [0.717, 1.165) is 17.8 Å². The molecular weight excluding hydrogens is 296 g/mol. The van der Waals surface area contributed by atoms with E-state index in [0.29, 0.717) is 12.4 Å². The molecule has 2 rings (SSSR count). The number of nitrogens with zero attached hydrogens (tertiary/aromatic N) is 3. The normalized spacial score (nSPS) is 10.3. The average molecular weight is 308 g/mol. The van der Waals surface area contributed by atoms with E-state index in [1.807, 2.05) is 6.92 Å². The molecule has 0 saturated heterocycles. The molecule has 0 spiro atoms. The lowest BCUT2D eigenvalue weighted by molar-refractivity contribution is -0.388. The van der Waals surface area contributed by atoms with Gasteiger partial charge in [0.1, 0.15) is 11.6 Å². The molecule has 9 nitrogen and oxygen atoms in total. The molecule has 0 aromatic carbocycles. The molecular formula is C11H12N6O3S. The van der Waals surface area contributed by atoms with Crippen molar-refractivity contribution in [1.29, 1.82) is 0 Å². The van der Waals surface area contributed by atoms with Gasteiger partial charge in [-0.25, -0.2) is 9.97 Å². The second kappa shape index (κ2) is 6.22. The zero-order valence-electron chi connectivity index (χ0n) is 11.0. The zero-order valence-corrected chi connectivity index (χ0v) is 11.8. The predicted octanol–water partition coefficient (Wildman–Crippen LogP) is 1.24. The summed E-state index contributed by atoms with van der Waals surface area (Å²) < 4.78 is 0. The summed E-state index contributed by atoms with van der Waals surface area (Å²) in [6.45, 7) is 2.51. The minimum Gasteiger partial charge on any atom is -0.383 e. The van der Waals surface area contributed by atoms with E-state index in [-0.39, 0.29) is 21.7 Å². The summed E-state index contributed by atoms with van der Waals surface area (Å²) in [6.07, 6.45) is 0. The van der Waals surface area contributed by atoms with E-state index >= 15 is 0 Å². The quantitative estimate of drug-likeness (QED) is 0.425. The maximum absolute atomic E-state index is 11.3. The van der Waals surface area contributed by atoms with E-state index < -0.39 is 10.5 Å². The van der Waals surface area contributed by atoms with Crippen LogP contribution in [0.25, 0.3) is 0 Å². The fourth-order valence-corrected chi connectivity index (χ4v) is 2.40. The molecule has 110 valence electrons. The summed E-state index contributed by atoms with van der Waals surface area (Å²) >= 11 is 0.871. The summed E-state index contributed by atoms with van der Waals surface area (Å²) in [7, 11) is 0. The van der Waals surface area contributed by atoms with Crippen molar-refractivity contribution in [1.82, 2.24) is 15.0 Å². The van der Waals surface area contributed by atoms with Crippen LogP contribution in [0.1, 0.15) is 6.92 Å². The van der Waals surface area contributed by atoms with Gasteiger partial charge < -0.3 is 16.0 Å². The molecule has 0 aliphatic rings. The first-order valence-electron chi connectivity index (χ1n) is 5.93. The maximum atomic E-state index is 11.3. The number of aromatic nitrogens is 3. The highest BCUT2D eigenvalue weighted by Crippen LogP contribution is 2.32. The lowest BCUT2D eigenvalue weighted by Gasteiger charge is -2.06. The number of nitrogen functional groups attached to an aromatic ring is 1. The first kappa shape index (κ1) is 14.8. The highest BCUT2D eigenvalue weighted by Gasteiger charge is 2.18. The second-order valence-electron chi connectivity index (χ2n) is 3.89. The summed E-state index contributed by atoms with van der Waals surface area (Å²) in [4.78, 5) is 32.3. The van der Waals surface area contributed by atoms with Crippen LogP contribution in [0, 0.1) is 10.1 Å². The number of nitrogens with two attached hydrogens (primary N) is 1. The number of hydrogen-bond donors (Lipinski definition) is 3. The van der Waals surface area contributed by atoms with Crippen molar-refractivity contribution in [2.75, 3.05) is 17.6 Å². The van der Waals surface area contributed by atoms with Gasteiger partial charge in [0.15, 0.2) is 10.2 Å². The number of aromatic amines is 1. The summed E-state index contributed by atoms with van der Waals surface area (Å²) in [6, 6.07) is 3.99. The Morgan fingerprint density at radius 2 is 2.24 bits per heavy atom. The van der Waals surface area contributed by atoms with E-state index in [9.17, 15) is 14.9 Å². The molecule has 10 heteroatoms. The van der Waals surface area contributed by atoms with Crippen LogP contribution in [0.5, 0.6) is 0 Å². The third-order valence-corrected chi connectivity index (χ3v) is 3.21. The fourth-order valence-electron chi connectivity index (χ4n) is 1.52. The van der Waals surface area contributed by atoms with Crippen molar-refractivity contribution in [2.45, 2.75) is 17.1 Å². The standard InChI is InChI=1S/C11H12N6O3S/c1-2-13-8-4-3-6(17(19)20)10(15-8)21-11-14-7(12)5-9(18)16-11/h3-5H,2H2,1H3,(H,13,15)(H3,12,14,16,18). The van der Waals surface area contributed by atoms with Gasteiger partial charge in [0.2, 0.25) is 0 Å². The maximum Gasteiger partial charge on any atom is 0.301 e. The summed E-state index contributed by atoms with van der Waals surface area (Å²) in [5.74, 6) is 0.531. The minimum atomic E-state index is -0.546. The number of rotatable bonds is 5. The molecule has 0 aliphatic heterocycles. The molecule has 2 aromatic heterocycles. The van der Waals surface area contributed by atoms with Gasteiger partial charge in [0.25, 0.3) is 5.56 Å². The van der Waals surface area contributed by atoms with Crippen LogP contribution in [0.15, 0.2) is 33.2 Å². The Morgan fingerprint density at radius 3 is 2.86 bits per heavy atom. The van der Waals surface area contributed by atoms with Gasteiger partial charge in [-0.05, 0) is 24.8 Å². The molecule has 0 aliphatic carbocycles. The van der Waals surface area contributed by atoms with Crippen LogP contribution in [-0.2, 0) is 0 Å². The molecule has 2 heterocycles. The predicted molar refractivity (Wildman–Crippen MR) is 78.4 cm³/mol. The van der Waals surface area contributed by atoms with Crippen LogP contribution < -0.4 is 16.6 Å². The Bertz CT molecular complexity index is 732. The van der Waals surface area contributed by atoms with Crippen molar-refractivity contribution < 1.29 is 4.92 Å². The van der Waals surface area contributed by atoms with Crippen LogP contribution in [0.2, 0.25) is 0 Å².